The van der Waals surface area contributed by atoms with Crippen LogP contribution in [0.1, 0.15) is 24.6 Å². The number of nitrogens with zero attached hydrogens (tertiary/aromatic N) is 1. The van der Waals surface area contributed by atoms with Gasteiger partial charge in [0.25, 0.3) is 0 Å². The molecule has 3 N–H and O–H groups in total. The van der Waals surface area contributed by atoms with Crippen LogP contribution in [0.3, 0.4) is 0 Å². The highest BCUT2D eigenvalue weighted by Crippen LogP contribution is 2.16. The van der Waals surface area contributed by atoms with E-state index in [1.54, 1.807) is 0 Å². The van der Waals surface area contributed by atoms with Crippen molar-refractivity contribution < 1.29 is 4.74 Å². The van der Waals surface area contributed by atoms with Crippen molar-refractivity contribution in [3.8, 4) is 0 Å². The number of hydrogen-bond donors (Lipinski definition) is 2. The Kier molecular flexibility index (Phi) is 4.48. The Morgan fingerprint density at radius 1 is 1.65 bits per heavy atom. The van der Waals surface area contributed by atoms with Crippen LogP contribution in [0.2, 0.25) is 0 Å². The third kappa shape index (κ3) is 3.49. The average Bonchev–Trinajstić information content (AvgIpc) is 2.90. The summed E-state index contributed by atoms with van der Waals surface area (Å²) in [6.45, 7) is 5.39. The lowest BCUT2D eigenvalue weighted by atomic mass is 10.0. The van der Waals surface area contributed by atoms with Crippen LogP contribution in [0, 0.1) is 5.92 Å². The summed E-state index contributed by atoms with van der Waals surface area (Å²) in [5.74, 6) is 0.644. The second kappa shape index (κ2) is 6.10. The number of nitrogens with one attached hydrogen (secondary N) is 1. The molecule has 0 amide bonds. The first-order valence-corrected chi connectivity index (χ1v) is 6.24. The number of rotatable bonds is 5. The van der Waals surface area contributed by atoms with Crippen LogP contribution in [-0.4, -0.2) is 24.2 Å². The van der Waals surface area contributed by atoms with E-state index in [0.717, 1.165) is 25.5 Å². The van der Waals surface area contributed by atoms with Crippen molar-refractivity contribution in [2.24, 2.45) is 11.7 Å². The van der Waals surface area contributed by atoms with E-state index in [0.29, 0.717) is 18.5 Å². The van der Waals surface area contributed by atoms with E-state index in [1.807, 2.05) is 12.3 Å². The average molecular weight is 235 g/mol. The molecule has 1 aromatic heterocycles. The first-order chi connectivity index (χ1) is 8.29. The molecule has 0 bridgehead atoms. The highest BCUT2D eigenvalue weighted by atomic mass is 16.5. The molecule has 4 nitrogen and oxygen atoms in total. The van der Waals surface area contributed by atoms with Crippen LogP contribution in [0.25, 0.3) is 0 Å². The minimum absolute atomic E-state index is 0.493. The molecule has 0 aliphatic carbocycles. The lowest BCUT2D eigenvalue weighted by Crippen LogP contribution is -2.33. The topological polar surface area (TPSA) is 60.2 Å². The summed E-state index contributed by atoms with van der Waals surface area (Å²) in [6.07, 6.45) is 2.99. The van der Waals surface area contributed by atoms with Crippen LogP contribution in [0.5, 0.6) is 0 Å². The molecule has 94 valence electrons. The maximum atomic E-state index is 5.57. The van der Waals surface area contributed by atoms with Crippen molar-refractivity contribution in [3.63, 3.8) is 0 Å². The van der Waals surface area contributed by atoms with Crippen molar-refractivity contribution in [2.45, 2.75) is 32.5 Å². The van der Waals surface area contributed by atoms with Crippen LogP contribution >= 0.6 is 0 Å². The van der Waals surface area contributed by atoms with Gasteiger partial charge in [0.1, 0.15) is 0 Å². The molecule has 0 saturated carbocycles. The van der Waals surface area contributed by atoms with Crippen LogP contribution < -0.4 is 11.1 Å². The Hall–Kier alpha value is -0.970. The van der Waals surface area contributed by atoms with Crippen molar-refractivity contribution in [2.75, 3.05) is 13.2 Å². The standard InChI is InChI=1S/C13H21N3O/c1-10(12-3-5-17-9-12)16-8-11-2-4-15-13(6-11)7-14/h2,4,6,10,12,16H,3,5,7-9,14H2,1H3. The summed E-state index contributed by atoms with van der Waals surface area (Å²) in [5, 5.41) is 3.54. The monoisotopic (exact) mass is 235 g/mol. The van der Waals surface area contributed by atoms with E-state index < -0.39 is 0 Å². The van der Waals surface area contributed by atoms with E-state index in [9.17, 15) is 0 Å². The summed E-state index contributed by atoms with van der Waals surface area (Å²) in [6, 6.07) is 4.58. The highest BCUT2D eigenvalue weighted by Gasteiger charge is 2.21. The predicted molar refractivity (Wildman–Crippen MR) is 67.4 cm³/mol. The van der Waals surface area contributed by atoms with Gasteiger partial charge in [-0.2, -0.15) is 0 Å². The summed E-state index contributed by atoms with van der Waals surface area (Å²) in [4.78, 5) is 4.19. The Morgan fingerprint density at radius 3 is 3.24 bits per heavy atom. The van der Waals surface area contributed by atoms with Gasteiger partial charge in [0.05, 0.1) is 12.3 Å². The van der Waals surface area contributed by atoms with Gasteiger partial charge in [-0.1, -0.05) is 0 Å². The molecule has 2 unspecified atom stereocenters. The normalized spacial score (nSPS) is 21.6. The molecule has 4 heteroatoms. The Bertz CT molecular complexity index is 350. The molecule has 2 heterocycles. The van der Waals surface area contributed by atoms with Gasteiger partial charge in [-0.3, -0.25) is 4.98 Å². The Balaban J connectivity index is 1.83. The van der Waals surface area contributed by atoms with Crippen LogP contribution in [-0.2, 0) is 17.8 Å². The summed E-state index contributed by atoms with van der Waals surface area (Å²) < 4.78 is 5.40. The number of hydrogen-bond acceptors (Lipinski definition) is 4. The molecule has 1 aliphatic heterocycles. The molecule has 0 radical (unpaired) electrons. The maximum Gasteiger partial charge on any atom is 0.0542 e. The smallest absolute Gasteiger partial charge is 0.0542 e. The zero-order valence-electron chi connectivity index (χ0n) is 10.4. The second-order valence-electron chi connectivity index (χ2n) is 4.65. The maximum absolute atomic E-state index is 5.57. The largest absolute Gasteiger partial charge is 0.381 e. The molecule has 2 atom stereocenters. The van der Waals surface area contributed by atoms with Gasteiger partial charge < -0.3 is 15.8 Å². The van der Waals surface area contributed by atoms with Crippen molar-refractivity contribution in [1.82, 2.24) is 10.3 Å². The van der Waals surface area contributed by atoms with E-state index in [2.05, 4.69) is 23.3 Å². The third-order valence-electron chi connectivity index (χ3n) is 3.39. The lowest BCUT2D eigenvalue weighted by Gasteiger charge is -2.19. The van der Waals surface area contributed by atoms with Crippen LogP contribution in [0.4, 0.5) is 0 Å². The Morgan fingerprint density at radius 2 is 2.53 bits per heavy atom. The molecule has 2 rings (SSSR count). The van der Waals surface area contributed by atoms with Crippen molar-refractivity contribution >= 4 is 0 Å². The molecule has 0 aromatic carbocycles. The van der Waals surface area contributed by atoms with Gasteiger partial charge in [-0.05, 0) is 37.0 Å². The minimum Gasteiger partial charge on any atom is -0.381 e. The van der Waals surface area contributed by atoms with Gasteiger partial charge >= 0.3 is 0 Å². The van der Waals surface area contributed by atoms with E-state index >= 15 is 0 Å². The summed E-state index contributed by atoms with van der Waals surface area (Å²) in [5.41, 5.74) is 7.76. The first-order valence-electron chi connectivity index (χ1n) is 6.24. The number of pyridine rings is 1. The molecule has 1 saturated heterocycles. The van der Waals surface area contributed by atoms with E-state index in [4.69, 9.17) is 10.5 Å². The van der Waals surface area contributed by atoms with Gasteiger partial charge in [0, 0.05) is 31.9 Å². The summed E-state index contributed by atoms with van der Waals surface area (Å²) >= 11 is 0. The van der Waals surface area contributed by atoms with Crippen molar-refractivity contribution in [1.29, 1.82) is 0 Å². The van der Waals surface area contributed by atoms with Crippen LogP contribution in [0.15, 0.2) is 18.3 Å². The molecular formula is C13H21N3O. The zero-order valence-corrected chi connectivity index (χ0v) is 10.4. The molecule has 17 heavy (non-hydrogen) atoms. The molecule has 1 fully saturated rings. The van der Waals surface area contributed by atoms with Gasteiger partial charge in [-0.15, -0.1) is 0 Å². The predicted octanol–water partition coefficient (Wildman–Crippen LogP) is 1.05. The molecule has 1 aromatic rings. The van der Waals surface area contributed by atoms with Crippen molar-refractivity contribution in [3.05, 3.63) is 29.6 Å². The van der Waals surface area contributed by atoms with Gasteiger partial charge in [0.2, 0.25) is 0 Å². The fraction of sp³-hybridized carbons (Fsp3) is 0.615. The summed E-state index contributed by atoms with van der Waals surface area (Å²) in [7, 11) is 0. The Labute approximate surface area is 103 Å². The zero-order chi connectivity index (χ0) is 12.1. The first kappa shape index (κ1) is 12.5. The molecule has 1 aliphatic rings. The fourth-order valence-corrected chi connectivity index (χ4v) is 2.14. The fourth-order valence-electron chi connectivity index (χ4n) is 2.14. The SMILES string of the molecule is CC(NCc1ccnc(CN)c1)C1CCOC1. The van der Waals surface area contributed by atoms with Gasteiger partial charge in [-0.25, -0.2) is 0 Å². The van der Waals surface area contributed by atoms with E-state index in [-0.39, 0.29) is 0 Å². The number of ether oxygens (including phenoxy) is 1. The highest BCUT2D eigenvalue weighted by molar-refractivity contribution is 5.16. The molecule has 0 spiro atoms. The number of aromatic nitrogens is 1. The minimum atomic E-state index is 0.493. The number of nitrogens with two attached hydrogens (primary N) is 1. The molecular weight excluding hydrogens is 214 g/mol. The quantitative estimate of drug-likeness (QED) is 0.801. The second-order valence-corrected chi connectivity index (χ2v) is 4.65. The van der Waals surface area contributed by atoms with Gasteiger partial charge in [0.15, 0.2) is 0 Å². The third-order valence-corrected chi connectivity index (χ3v) is 3.39. The van der Waals surface area contributed by atoms with E-state index in [1.165, 1.54) is 12.0 Å². The lowest BCUT2D eigenvalue weighted by molar-refractivity contribution is 0.178.